The van der Waals surface area contributed by atoms with Crippen LogP contribution in [-0.2, 0) is 4.79 Å². The number of amides is 1. The third-order valence-electron chi connectivity index (χ3n) is 2.87. The molecule has 0 aromatic carbocycles. The molecule has 1 amide bonds. The number of rotatable bonds is 4. The minimum atomic E-state index is -0.147. The fraction of sp³-hybridized carbons (Fsp3) is 0.615. The molecule has 1 rings (SSSR count). The summed E-state index contributed by atoms with van der Waals surface area (Å²) in [5.74, 6) is 0.707. The largest absolute Gasteiger partial charge is 0.467 e. The van der Waals surface area contributed by atoms with E-state index in [0.717, 1.165) is 5.76 Å². The Morgan fingerprint density at radius 2 is 2.18 bits per heavy atom. The standard InChI is InChI=1S/C13H22N2O2/c1-9(10-6-5-7-17-10)15-12(16)8-11(14)13(2,3)4/h5-7,9,11H,8,14H2,1-4H3,(H,15,16). The van der Waals surface area contributed by atoms with Gasteiger partial charge in [-0.3, -0.25) is 4.79 Å². The molecule has 0 aliphatic carbocycles. The first kappa shape index (κ1) is 13.8. The zero-order valence-corrected chi connectivity index (χ0v) is 11.0. The number of nitrogens with one attached hydrogen (secondary N) is 1. The van der Waals surface area contributed by atoms with Gasteiger partial charge in [0.15, 0.2) is 0 Å². The van der Waals surface area contributed by atoms with Crippen molar-refractivity contribution in [2.45, 2.75) is 46.2 Å². The van der Waals surface area contributed by atoms with Crippen molar-refractivity contribution in [3.05, 3.63) is 24.2 Å². The van der Waals surface area contributed by atoms with Gasteiger partial charge in [0.1, 0.15) is 5.76 Å². The van der Waals surface area contributed by atoms with E-state index < -0.39 is 0 Å². The second-order valence-electron chi connectivity index (χ2n) is 5.48. The lowest BCUT2D eigenvalue weighted by molar-refractivity contribution is -0.122. The number of nitrogens with two attached hydrogens (primary N) is 1. The second kappa shape index (κ2) is 5.36. The highest BCUT2D eigenvalue weighted by Crippen LogP contribution is 2.20. The summed E-state index contributed by atoms with van der Waals surface area (Å²) in [6.45, 7) is 7.97. The Hall–Kier alpha value is -1.29. The van der Waals surface area contributed by atoms with Gasteiger partial charge in [0.2, 0.25) is 5.91 Å². The van der Waals surface area contributed by atoms with Gasteiger partial charge in [-0.2, -0.15) is 0 Å². The van der Waals surface area contributed by atoms with Gasteiger partial charge in [-0.25, -0.2) is 0 Å². The van der Waals surface area contributed by atoms with E-state index in [4.69, 9.17) is 10.2 Å². The summed E-state index contributed by atoms with van der Waals surface area (Å²) in [6.07, 6.45) is 1.92. The van der Waals surface area contributed by atoms with Gasteiger partial charge in [0.25, 0.3) is 0 Å². The predicted octanol–water partition coefficient (Wildman–Crippen LogP) is 2.22. The summed E-state index contributed by atoms with van der Waals surface area (Å²) < 4.78 is 5.22. The van der Waals surface area contributed by atoms with Crippen LogP contribution in [0.25, 0.3) is 0 Å². The van der Waals surface area contributed by atoms with Crippen LogP contribution in [0.3, 0.4) is 0 Å². The predicted molar refractivity (Wildman–Crippen MR) is 67.3 cm³/mol. The summed E-state index contributed by atoms with van der Waals surface area (Å²) in [4.78, 5) is 11.8. The second-order valence-corrected chi connectivity index (χ2v) is 5.48. The summed E-state index contributed by atoms with van der Waals surface area (Å²) in [5.41, 5.74) is 5.90. The maximum absolute atomic E-state index is 11.8. The first-order valence-electron chi connectivity index (χ1n) is 5.89. The smallest absolute Gasteiger partial charge is 0.222 e. The van der Waals surface area contributed by atoms with Crippen molar-refractivity contribution in [1.82, 2.24) is 5.32 Å². The molecule has 2 unspecified atom stereocenters. The molecule has 0 aliphatic heterocycles. The summed E-state index contributed by atoms with van der Waals surface area (Å²) in [6, 6.07) is 3.38. The zero-order chi connectivity index (χ0) is 13.1. The third-order valence-corrected chi connectivity index (χ3v) is 2.87. The first-order chi connectivity index (χ1) is 7.80. The summed E-state index contributed by atoms with van der Waals surface area (Å²) in [7, 11) is 0. The van der Waals surface area contributed by atoms with Crippen LogP contribution in [0.1, 0.15) is 45.9 Å². The van der Waals surface area contributed by atoms with Gasteiger partial charge in [-0.15, -0.1) is 0 Å². The lowest BCUT2D eigenvalue weighted by Crippen LogP contribution is -2.40. The van der Waals surface area contributed by atoms with E-state index in [1.807, 2.05) is 33.8 Å². The van der Waals surface area contributed by atoms with Crippen LogP contribution in [0.15, 0.2) is 22.8 Å². The maximum atomic E-state index is 11.8. The maximum Gasteiger partial charge on any atom is 0.222 e. The van der Waals surface area contributed by atoms with E-state index in [2.05, 4.69) is 5.32 Å². The van der Waals surface area contributed by atoms with E-state index in [9.17, 15) is 4.79 Å². The molecule has 0 radical (unpaired) electrons. The first-order valence-corrected chi connectivity index (χ1v) is 5.89. The normalized spacial score (nSPS) is 15.4. The molecular formula is C13H22N2O2. The van der Waals surface area contributed by atoms with E-state index in [1.165, 1.54) is 0 Å². The molecule has 1 aromatic heterocycles. The molecule has 17 heavy (non-hydrogen) atoms. The minimum Gasteiger partial charge on any atom is -0.467 e. The average molecular weight is 238 g/mol. The Bertz CT molecular complexity index is 352. The number of furan rings is 1. The Morgan fingerprint density at radius 1 is 1.53 bits per heavy atom. The topological polar surface area (TPSA) is 68.3 Å². The lowest BCUT2D eigenvalue weighted by Gasteiger charge is -2.26. The molecule has 4 nitrogen and oxygen atoms in total. The lowest BCUT2D eigenvalue weighted by atomic mass is 9.85. The van der Waals surface area contributed by atoms with Crippen molar-refractivity contribution in [1.29, 1.82) is 0 Å². The van der Waals surface area contributed by atoms with E-state index in [1.54, 1.807) is 12.3 Å². The van der Waals surface area contributed by atoms with Crippen molar-refractivity contribution < 1.29 is 9.21 Å². The van der Waals surface area contributed by atoms with Gasteiger partial charge < -0.3 is 15.5 Å². The molecule has 0 saturated carbocycles. The highest BCUT2D eigenvalue weighted by atomic mass is 16.3. The van der Waals surface area contributed by atoms with Crippen LogP contribution in [0, 0.1) is 5.41 Å². The van der Waals surface area contributed by atoms with Crippen LogP contribution < -0.4 is 11.1 Å². The Labute approximate surface area is 103 Å². The number of carbonyl (C=O) groups excluding carboxylic acids is 1. The van der Waals surface area contributed by atoms with Crippen molar-refractivity contribution in [3.63, 3.8) is 0 Å². The van der Waals surface area contributed by atoms with Crippen LogP contribution in [0.4, 0.5) is 0 Å². The monoisotopic (exact) mass is 238 g/mol. The fourth-order valence-corrected chi connectivity index (χ4v) is 1.42. The fourth-order valence-electron chi connectivity index (χ4n) is 1.42. The van der Waals surface area contributed by atoms with Gasteiger partial charge in [-0.05, 0) is 24.5 Å². The van der Waals surface area contributed by atoms with Crippen LogP contribution in [0.2, 0.25) is 0 Å². The molecule has 0 spiro atoms. The highest BCUT2D eigenvalue weighted by molar-refractivity contribution is 5.77. The van der Waals surface area contributed by atoms with Crippen LogP contribution in [-0.4, -0.2) is 11.9 Å². The van der Waals surface area contributed by atoms with Crippen molar-refractivity contribution >= 4 is 5.91 Å². The van der Waals surface area contributed by atoms with Gasteiger partial charge in [0.05, 0.1) is 12.3 Å². The SMILES string of the molecule is CC(NC(=O)CC(N)C(C)(C)C)c1ccco1. The van der Waals surface area contributed by atoms with Crippen molar-refractivity contribution in [2.75, 3.05) is 0 Å². The van der Waals surface area contributed by atoms with Gasteiger partial charge >= 0.3 is 0 Å². The molecule has 0 bridgehead atoms. The molecule has 1 heterocycles. The van der Waals surface area contributed by atoms with Gasteiger partial charge in [0, 0.05) is 12.5 Å². The Balaban J connectivity index is 2.45. The van der Waals surface area contributed by atoms with E-state index in [0.29, 0.717) is 6.42 Å². The molecule has 0 aliphatic rings. The molecule has 4 heteroatoms. The zero-order valence-electron chi connectivity index (χ0n) is 11.0. The summed E-state index contributed by atoms with van der Waals surface area (Å²) >= 11 is 0. The molecule has 0 saturated heterocycles. The van der Waals surface area contributed by atoms with Crippen LogP contribution >= 0.6 is 0 Å². The molecule has 1 aromatic rings. The molecular weight excluding hydrogens is 216 g/mol. The number of carbonyl (C=O) groups is 1. The average Bonchev–Trinajstić information content (AvgIpc) is 2.68. The Morgan fingerprint density at radius 3 is 2.65 bits per heavy atom. The number of hydrogen-bond donors (Lipinski definition) is 2. The van der Waals surface area contributed by atoms with Crippen molar-refractivity contribution in [3.8, 4) is 0 Å². The highest BCUT2D eigenvalue weighted by Gasteiger charge is 2.24. The van der Waals surface area contributed by atoms with Crippen molar-refractivity contribution in [2.24, 2.45) is 11.1 Å². The number of hydrogen-bond acceptors (Lipinski definition) is 3. The van der Waals surface area contributed by atoms with E-state index in [-0.39, 0.29) is 23.4 Å². The quantitative estimate of drug-likeness (QED) is 0.845. The summed E-state index contributed by atoms with van der Waals surface area (Å²) in [5, 5.41) is 2.87. The molecule has 2 atom stereocenters. The van der Waals surface area contributed by atoms with E-state index >= 15 is 0 Å². The third kappa shape index (κ3) is 4.23. The minimum absolute atomic E-state index is 0.0451. The van der Waals surface area contributed by atoms with Gasteiger partial charge in [-0.1, -0.05) is 20.8 Å². The molecule has 0 fully saturated rings. The van der Waals surface area contributed by atoms with Crippen LogP contribution in [0.5, 0.6) is 0 Å². The molecule has 96 valence electrons. The molecule has 3 N–H and O–H groups in total. The Kier molecular flexibility index (Phi) is 4.34.